The predicted molar refractivity (Wildman–Crippen MR) is 322 cm³/mol. The molecule has 2 aliphatic rings. The number of benzene rings is 2. The monoisotopic (exact) mass is 1300 g/mol. The van der Waals surface area contributed by atoms with Crippen LogP contribution in [-0.2, 0) is 84.2 Å². The molecule has 2 saturated heterocycles. The molecule has 6 atom stereocenters. The lowest BCUT2D eigenvalue weighted by atomic mass is 9.97. The van der Waals surface area contributed by atoms with Crippen molar-refractivity contribution >= 4 is 67.9 Å². The van der Waals surface area contributed by atoms with E-state index in [9.17, 15) is 43.2 Å². The SMILES string of the molecule is C=CCOC(=O)c1cn(CCCOc2cc(NC(=O)OCc3ccc(O[C@@H]4O[C@H](C(=O)OC)[C@@H](OC(C)=O)[C@H](OC(C)=O)[C@H]4OC(C)=O)c(C(=O)NCCOCCONC(=O)OC(C)(C)C)c3)c(C(=O)N3CC(=C)C[C@H]3CO[Si](C)(C)C(C)(C)C)cc2OC)nn1. The molecule has 1 aromatic heterocycles. The zero-order chi connectivity index (χ0) is 67.4. The first-order chi connectivity index (χ1) is 42.8. The number of hydroxylamine groups is 1. The molecule has 0 bridgehead atoms. The summed E-state index contributed by atoms with van der Waals surface area (Å²) in [6, 6.07) is 6.40. The van der Waals surface area contributed by atoms with E-state index in [0.29, 0.717) is 12.8 Å². The number of methoxy groups -OCH3 is 2. The quantitative estimate of drug-likeness (QED) is 0.0174. The van der Waals surface area contributed by atoms with Gasteiger partial charge in [0.25, 0.3) is 11.8 Å². The van der Waals surface area contributed by atoms with Gasteiger partial charge >= 0.3 is 42.0 Å². The molecule has 0 saturated carbocycles. The number of hydrogen-bond donors (Lipinski definition) is 3. The fraction of sp³-hybridized carbons (Fsp3) is 0.550. The number of nitrogens with one attached hydrogen (secondary N) is 3. The Balaban J connectivity index is 1.45. The van der Waals surface area contributed by atoms with Gasteiger partial charge in [-0.25, -0.2) is 19.2 Å². The van der Waals surface area contributed by atoms with Gasteiger partial charge in [0, 0.05) is 52.9 Å². The standard InChI is InChI=1S/C60H83N7O23Si/c1-16-22-81-54(73)44-32-66(65-63-44)21-17-23-80-47-30-43(41(29-46(47)77-12)53(72)67-31-35(2)27-40(67)34-84-91(14,15)60(9,10)11)62-57(75)82-33-39-18-19-45(42(28-39)52(71)61-20-24-79-25-26-83-64-58(76)90-59(6,7)8)88-56-51(87-38(5)70)49(86-37(4)69)48(85-36(3)68)50(89-56)55(74)78-13/h16,18-19,28-30,32,40,48-51,56H,1-2,17,20-27,31,33-34H2,3-15H3,(H,61,71)(H,62,75)(H,64,76)/t40-,48-,49-,50-,51+,56+/m0/s1. The summed E-state index contributed by atoms with van der Waals surface area (Å²) in [5, 5.41) is 13.1. The minimum atomic E-state index is -2.28. The number of carbonyl (C=O) groups excluding carboxylic acids is 9. The summed E-state index contributed by atoms with van der Waals surface area (Å²) in [5.41, 5.74) is 2.06. The molecule has 5 rings (SSSR count). The molecule has 2 fully saturated rings. The number of rotatable bonds is 30. The number of nitrogens with zero attached hydrogens (tertiary/aromatic N) is 4. The van der Waals surface area contributed by atoms with E-state index in [1.807, 2.05) is 0 Å². The largest absolute Gasteiger partial charge is 0.493 e. The van der Waals surface area contributed by atoms with Crippen LogP contribution in [-0.4, -0.2) is 191 Å². The summed E-state index contributed by atoms with van der Waals surface area (Å²) in [6.45, 7) is 26.3. The first-order valence-electron chi connectivity index (χ1n) is 28.9. The molecule has 31 heteroatoms. The Bertz CT molecular complexity index is 3100. The van der Waals surface area contributed by atoms with Gasteiger partial charge in [0.15, 0.2) is 43.8 Å². The van der Waals surface area contributed by atoms with Crippen LogP contribution in [0.4, 0.5) is 15.3 Å². The van der Waals surface area contributed by atoms with Crippen LogP contribution in [0, 0.1) is 0 Å². The second-order valence-corrected chi connectivity index (χ2v) is 28.1. The Morgan fingerprint density at radius 2 is 1.51 bits per heavy atom. The molecular formula is C60H83N7O23Si. The van der Waals surface area contributed by atoms with Crippen LogP contribution < -0.4 is 30.3 Å². The summed E-state index contributed by atoms with van der Waals surface area (Å²) < 4.78 is 74.9. The van der Waals surface area contributed by atoms with Crippen molar-refractivity contribution in [3.63, 3.8) is 0 Å². The maximum absolute atomic E-state index is 14.9. The number of aryl methyl sites for hydroxylation is 1. The summed E-state index contributed by atoms with van der Waals surface area (Å²) in [4.78, 5) is 125. The molecule has 0 aliphatic carbocycles. The van der Waals surface area contributed by atoms with Crippen LogP contribution in [0.2, 0.25) is 18.1 Å². The van der Waals surface area contributed by atoms with Gasteiger partial charge in [-0.1, -0.05) is 56.9 Å². The molecule has 0 spiro atoms. The highest BCUT2D eigenvalue weighted by molar-refractivity contribution is 6.74. The predicted octanol–water partition coefficient (Wildman–Crippen LogP) is 5.91. The number of carbonyl (C=O) groups is 9. The van der Waals surface area contributed by atoms with E-state index in [4.69, 9.17) is 66.1 Å². The van der Waals surface area contributed by atoms with Gasteiger partial charge in [-0.2, -0.15) is 5.48 Å². The molecule has 91 heavy (non-hydrogen) atoms. The van der Waals surface area contributed by atoms with E-state index in [2.05, 4.69) is 73.4 Å². The molecule has 30 nitrogen and oxygen atoms in total. The van der Waals surface area contributed by atoms with Gasteiger partial charge in [-0.05, 0) is 69.1 Å². The third kappa shape index (κ3) is 22.1. The first kappa shape index (κ1) is 73.1. The van der Waals surface area contributed by atoms with Crippen LogP contribution in [0.25, 0.3) is 0 Å². The first-order valence-corrected chi connectivity index (χ1v) is 31.9. The molecule has 4 amide bonds. The van der Waals surface area contributed by atoms with E-state index in [1.54, 1.807) is 25.7 Å². The smallest absolute Gasteiger partial charge is 0.431 e. The number of ether oxygens (including phenoxy) is 12. The molecule has 2 aromatic carbocycles. The van der Waals surface area contributed by atoms with Crippen molar-refractivity contribution in [3.8, 4) is 17.2 Å². The lowest BCUT2D eigenvalue weighted by Crippen LogP contribution is -2.64. The third-order valence-electron chi connectivity index (χ3n) is 13.9. The normalized spacial score (nSPS) is 18.2. The lowest BCUT2D eigenvalue weighted by Gasteiger charge is -2.43. The average molecular weight is 1300 g/mol. The van der Waals surface area contributed by atoms with Gasteiger partial charge in [0.1, 0.15) is 24.6 Å². The highest BCUT2D eigenvalue weighted by Crippen LogP contribution is 2.40. The van der Waals surface area contributed by atoms with Crippen molar-refractivity contribution in [1.82, 2.24) is 30.7 Å². The summed E-state index contributed by atoms with van der Waals surface area (Å²) in [7, 11) is 0.122. The van der Waals surface area contributed by atoms with Crippen LogP contribution in [0.1, 0.15) is 112 Å². The molecule has 0 unspecified atom stereocenters. The van der Waals surface area contributed by atoms with Crippen molar-refractivity contribution in [2.45, 2.75) is 149 Å². The van der Waals surface area contributed by atoms with E-state index in [1.165, 1.54) is 54.4 Å². The number of likely N-dealkylation sites (tertiary alicyclic amines) is 1. The average Bonchev–Trinajstić information content (AvgIpc) is 1.05. The topological polar surface area (TPSA) is 353 Å². The fourth-order valence-electron chi connectivity index (χ4n) is 8.66. The van der Waals surface area contributed by atoms with Crippen molar-refractivity contribution < 1.29 is 109 Å². The van der Waals surface area contributed by atoms with Gasteiger partial charge < -0.3 is 71.5 Å². The van der Waals surface area contributed by atoms with E-state index in [0.717, 1.165) is 33.5 Å². The number of hydrogen-bond acceptors (Lipinski definition) is 25. The van der Waals surface area contributed by atoms with Crippen molar-refractivity contribution in [2.75, 3.05) is 72.3 Å². The minimum Gasteiger partial charge on any atom is -0.493 e. The number of amides is 4. The van der Waals surface area contributed by atoms with E-state index in [-0.39, 0.29) is 110 Å². The molecule has 0 radical (unpaired) electrons. The fourth-order valence-corrected chi connectivity index (χ4v) is 9.70. The van der Waals surface area contributed by atoms with E-state index < -0.39 is 111 Å². The summed E-state index contributed by atoms with van der Waals surface area (Å²) in [6.07, 6.45) is -7.16. The van der Waals surface area contributed by atoms with Crippen LogP contribution in [0.15, 0.2) is 61.3 Å². The highest BCUT2D eigenvalue weighted by Gasteiger charge is 2.56. The lowest BCUT2D eigenvalue weighted by molar-refractivity contribution is -0.282. The maximum Gasteiger partial charge on any atom is 0.431 e. The molecule has 500 valence electrons. The Labute approximate surface area is 528 Å². The molecule has 3 heterocycles. The second-order valence-electron chi connectivity index (χ2n) is 23.3. The van der Waals surface area contributed by atoms with Gasteiger partial charge in [0.05, 0.1) is 76.3 Å². The van der Waals surface area contributed by atoms with Crippen molar-refractivity contribution in [2.24, 2.45) is 0 Å². The number of esters is 5. The minimum absolute atomic E-state index is 0.000348. The zero-order valence-corrected chi connectivity index (χ0v) is 54.6. The Morgan fingerprint density at radius 3 is 2.15 bits per heavy atom. The van der Waals surface area contributed by atoms with Crippen molar-refractivity contribution in [1.29, 1.82) is 0 Å². The third-order valence-corrected chi connectivity index (χ3v) is 18.4. The Morgan fingerprint density at radius 1 is 0.813 bits per heavy atom. The Hall–Kier alpha value is -8.65. The van der Waals surface area contributed by atoms with Crippen molar-refractivity contribution in [3.05, 3.63) is 83.7 Å². The molecule has 2 aliphatic heterocycles. The van der Waals surface area contributed by atoms with Gasteiger partial charge in [0.2, 0.25) is 12.4 Å². The molecular weight excluding hydrogens is 1210 g/mol. The number of aromatic nitrogens is 3. The Kier molecular flexibility index (Phi) is 26.8. The number of anilines is 1. The zero-order valence-electron chi connectivity index (χ0n) is 53.6. The van der Waals surface area contributed by atoms with Crippen LogP contribution in [0.5, 0.6) is 17.2 Å². The molecule has 3 aromatic rings. The van der Waals surface area contributed by atoms with Crippen LogP contribution in [0.3, 0.4) is 0 Å². The summed E-state index contributed by atoms with van der Waals surface area (Å²) in [5.74, 6) is -5.92. The van der Waals surface area contributed by atoms with E-state index >= 15 is 0 Å². The molecule has 3 N–H and O–H groups in total. The highest BCUT2D eigenvalue weighted by atomic mass is 28.4. The summed E-state index contributed by atoms with van der Waals surface area (Å²) >= 11 is 0. The van der Waals surface area contributed by atoms with Gasteiger partial charge in [-0.3, -0.25) is 38.8 Å². The van der Waals surface area contributed by atoms with Crippen LogP contribution >= 0.6 is 0 Å². The second kappa shape index (κ2) is 33.4. The van der Waals surface area contributed by atoms with Gasteiger partial charge in [-0.15, -0.1) is 5.10 Å². The maximum atomic E-state index is 14.9.